The smallest absolute Gasteiger partial charge is 0.224 e. The minimum Gasteiger partial charge on any atom is -0.382 e. The van der Waals surface area contributed by atoms with E-state index in [0.717, 1.165) is 12.6 Å². The lowest BCUT2D eigenvalue weighted by Gasteiger charge is -2.40. The van der Waals surface area contributed by atoms with Crippen molar-refractivity contribution >= 4 is 18.5 Å². The number of ether oxygens (including phenoxy) is 8. The first-order chi connectivity index (χ1) is 19.2. The van der Waals surface area contributed by atoms with Crippen molar-refractivity contribution in [2.75, 3.05) is 119 Å². The minimum absolute atomic E-state index is 0.0356. The van der Waals surface area contributed by atoms with E-state index in [-0.39, 0.29) is 11.3 Å². The summed E-state index contributed by atoms with van der Waals surface area (Å²) in [7, 11) is 1.64. The van der Waals surface area contributed by atoms with E-state index in [4.69, 9.17) is 37.9 Å². The molecule has 0 N–H and O–H groups in total. The standard InChI is InChI=1S/C27H49NO11/c1-32-12-13-34-16-17-36-20-21-38-24-25-39-23-22-37-19-18-35-15-14-33-11-2-26(31)28-7-3-27(4-8-28,5-9-29)6-10-30/h9-10H,2-8,11-25H2,1H3. The Morgan fingerprint density at radius 2 is 0.923 bits per heavy atom. The molecule has 1 heterocycles. The second kappa shape index (κ2) is 25.5. The number of methoxy groups -OCH3 is 1. The molecule has 12 nitrogen and oxygen atoms in total. The van der Waals surface area contributed by atoms with Crippen molar-refractivity contribution in [2.24, 2.45) is 5.41 Å². The van der Waals surface area contributed by atoms with Crippen LogP contribution < -0.4 is 0 Å². The molecule has 1 aliphatic rings. The number of hydrogen-bond donors (Lipinski definition) is 0. The van der Waals surface area contributed by atoms with Crippen molar-refractivity contribution in [3.05, 3.63) is 0 Å². The van der Waals surface area contributed by atoms with Crippen molar-refractivity contribution in [3.8, 4) is 0 Å². The Morgan fingerprint density at radius 3 is 1.26 bits per heavy atom. The maximum absolute atomic E-state index is 12.4. The van der Waals surface area contributed by atoms with Crippen LogP contribution in [0, 0.1) is 5.41 Å². The molecule has 0 radical (unpaired) electrons. The zero-order valence-electron chi connectivity index (χ0n) is 23.6. The highest BCUT2D eigenvalue weighted by atomic mass is 16.6. The van der Waals surface area contributed by atoms with Gasteiger partial charge in [0.1, 0.15) is 12.6 Å². The number of aldehydes is 2. The molecule has 0 aromatic heterocycles. The first kappa shape index (κ1) is 35.5. The Labute approximate surface area is 232 Å². The summed E-state index contributed by atoms with van der Waals surface area (Å²) in [6.07, 6.45) is 4.16. The number of nitrogens with zero attached hydrogens (tertiary/aromatic N) is 1. The summed E-state index contributed by atoms with van der Waals surface area (Å²) in [6, 6.07) is 0. The molecule has 1 rings (SSSR count). The lowest BCUT2D eigenvalue weighted by molar-refractivity contribution is -0.135. The molecule has 0 aliphatic carbocycles. The molecule has 0 bridgehead atoms. The minimum atomic E-state index is -0.281. The van der Waals surface area contributed by atoms with E-state index in [1.54, 1.807) is 12.0 Å². The summed E-state index contributed by atoms with van der Waals surface area (Å²) in [5, 5.41) is 0. The number of rotatable bonds is 28. The van der Waals surface area contributed by atoms with Gasteiger partial charge in [-0.05, 0) is 18.3 Å². The third-order valence-corrected chi connectivity index (χ3v) is 6.33. The van der Waals surface area contributed by atoms with Crippen LogP contribution in [0.4, 0.5) is 0 Å². The van der Waals surface area contributed by atoms with Gasteiger partial charge in [0.15, 0.2) is 0 Å². The fraction of sp³-hybridized carbons (Fsp3) is 0.889. The maximum atomic E-state index is 12.4. The van der Waals surface area contributed by atoms with Gasteiger partial charge in [0.2, 0.25) is 5.91 Å². The van der Waals surface area contributed by atoms with Crippen LogP contribution in [0.25, 0.3) is 0 Å². The van der Waals surface area contributed by atoms with Crippen LogP contribution in [-0.2, 0) is 52.3 Å². The Morgan fingerprint density at radius 1 is 0.590 bits per heavy atom. The van der Waals surface area contributed by atoms with Gasteiger partial charge in [0, 0.05) is 33.0 Å². The van der Waals surface area contributed by atoms with E-state index < -0.39 is 0 Å². The van der Waals surface area contributed by atoms with Gasteiger partial charge in [-0.2, -0.15) is 0 Å². The van der Waals surface area contributed by atoms with Crippen molar-refractivity contribution in [1.82, 2.24) is 4.90 Å². The highest BCUT2D eigenvalue weighted by Crippen LogP contribution is 2.37. The molecule has 1 aliphatic heterocycles. The molecule has 0 unspecified atom stereocenters. The van der Waals surface area contributed by atoms with Crippen LogP contribution >= 0.6 is 0 Å². The van der Waals surface area contributed by atoms with Crippen LogP contribution in [0.2, 0.25) is 0 Å². The summed E-state index contributed by atoms with van der Waals surface area (Å²) < 4.78 is 42.8. The summed E-state index contributed by atoms with van der Waals surface area (Å²) in [5.41, 5.74) is -0.281. The number of likely N-dealkylation sites (tertiary alicyclic amines) is 1. The zero-order valence-corrected chi connectivity index (χ0v) is 23.6. The SMILES string of the molecule is COCCOCCOCCOCCOCCOCCOCCOCCC(=O)N1CCC(CC=O)(CC=O)CC1. The van der Waals surface area contributed by atoms with Gasteiger partial charge in [-0.15, -0.1) is 0 Å². The second-order valence-electron chi connectivity index (χ2n) is 9.15. The highest BCUT2D eigenvalue weighted by Gasteiger charge is 2.35. The van der Waals surface area contributed by atoms with Gasteiger partial charge in [0.05, 0.1) is 106 Å². The Kier molecular flexibility index (Phi) is 23.2. The fourth-order valence-corrected chi connectivity index (χ4v) is 3.96. The molecule has 1 amide bonds. The first-order valence-electron chi connectivity index (χ1n) is 13.9. The molecule has 1 saturated heterocycles. The average Bonchev–Trinajstić information content (AvgIpc) is 2.94. The van der Waals surface area contributed by atoms with E-state index in [9.17, 15) is 14.4 Å². The Balaban J connectivity index is 1.79. The molecular weight excluding hydrogens is 514 g/mol. The number of carbonyl (C=O) groups is 3. The lowest BCUT2D eigenvalue weighted by atomic mass is 9.74. The monoisotopic (exact) mass is 563 g/mol. The van der Waals surface area contributed by atoms with Gasteiger partial charge in [-0.25, -0.2) is 0 Å². The van der Waals surface area contributed by atoms with Crippen LogP contribution in [0.15, 0.2) is 0 Å². The second-order valence-corrected chi connectivity index (χ2v) is 9.15. The summed E-state index contributed by atoms with van der Waals surface area (Å²) in [5.74, 6) is 0.0356. The van der Waals surface area contributed by atoms with E-state index in [1.807, 2.05) is 0 Å². The average molecular weight is 564 g/mol. The van der Waals surface area contributed by atoms with Gasteiger partial charge in [-0.1, -0.05) is 0 Å². The summed E-state index contributed by atoms with van der Waals surface area (Å²) in [6.45, 7) is 8.50. The van der Waals surface area contributed by atoms with Gasteiger partial charge in [0.25, 0.3) is 0 Å². The molecule has 0 saturated carbocycles. The molecule has 228 valence electrons. The van der Waals surface area contributed by atoms with Gasteiger partial charge in [-0.3, -0.25) is 4.79 Å². The van der Waals surface area contributed by atoms with Crippen LogP contribution in [-0.4, -0.2) is 143 Å². The molecule has 39 heavy (non-hydrogen) atoms. The number of piperidine rings is 1. The number of hydrogen-bond acceptors (Lipinski definition) is 11. The van der Waals surface area contributed by atoms with Crippen LogP contribution in [0.1, 0.15) is 32.1 Å². The molecule has 0 aromatic rings. The summed E-state index contributed by atoms with van der Waals surface area (Å²) >= 11 is 0. The van der Waals surface area contributed by atoms with Crippen molar-refractivity contribution < 1.29 is 52.3 Å². The third kappa shape index (κ3) is 19.2. The largest absolute Gasteiger partial charge is 0.382 e. The lowest BCUT2D eigenvalue weighted by Crippen LogP contribution is -2.43. The van der Waals surface area contributed by atoms with Crippen LogP contribution in [0.5, 0.6) is 0 Å². The van der Waals surface area contributed by atoms with Crippen molar-refractivity contribution in [2.45, 2.75) is 32.1 Å². The zero-order chi connectivity index (χ0) is 28.3. The number of amides is 1. The van der Waals surface area contributed by atoms with Crippen LogP contribution in [0.3, 0.4) is 0 Å². The maximum Gasteiger partial charge on any atom is 0.224 e. The quantitative estimate of drug-likeness (QED) is 0.0996. The predicted octanol–water partition coefficient (Wildman–Crippen LogP) is 0.926. The van der Waals surface area contributed by atoms with Gasteiger partial charge >= 0.3 is 0 Å². The fourth-order valence-electron chi connectivity index (χ4n) is 3.96. The van der Waals surface area contributed by atoms with E-state index in [2.05, 4.69) is 0 Å². The molecule has 0 aromatic carbocycles. The molecule has 1 fully saturated rings. The van der Waals surface area contributed by atoms with E-state index >= 15 is 0 Å². The van der Waals surface area contributed by atoms with Crippen molar-refractivity contribution in [1.29, 1.82) is 0 Å². The first-order valence-corrected chi connectivity index (χ1v) is 13.9. The predicted molar refractivity (Wildman–Crippen MR) is 142 cm³/mol. The van der Waals surface area contributed by atoms with E-state index in [0.29, 0.717) is 144 Å². The third-order valence-electron chi connectivity index (χ3n) is 6.33. The molecule has 0 atom stereocenters. The molecule has 12 heteroatoms. The normalized spacial score (nSPS) is 14.9. The van der Waals surface area contributed by atoms with Gasteiger partial charge < -0.3 is 52.4 Å². The topological polar surface area (TPSA) is 128 Å². The van der Waals surface area contributed by atoms with Crippen molar-refractivity contribution in [3.63, 3.8) is 0 Å². The molecular formula is C27H49NO11. The van der Waals surface area contributed by atoms with E-state index in [1.165, 1.54) is 0 Å². The Hall–Kier alpha value is -1.51. The summed E-state index contributed by atoms with van der Waals surface area (Å²) in [4.78, 5) is 36.0. The Bertz CT molecular complexity index is 588. The molecule has 0 spiro atoms. The number of carbonyl (C=O) groups excluding carboxylic acids is 3. The highest BCUT2D eigenvalue weighted by molar-refractivity contribution is 5.76.